The first-order chi connectivity index (χ1) is 5.99. The molecule has 0 spiro atoms. The van der Waals surface area contributed by atoms with Crippen molar-refractivity contribution < 1.29 is 4.79 Å². The van der Waals surface area contributed by atoms with E-state index in [1.165, 1.54) is 0 Å². The van der Waals surface area contributed by atoms with Gasteiger partial charge >= 0.3 is 0 Å². The van der Waals surface area contributed by atoms with E-state index in [-0.39, 0.29) is 5.78 Å². The summed E-state index contributed by atoms with van der Waals surface area (Å²) in [5, 5.41) is 1.94. The predicted molar refractivity (Wildman–Crippen MR) is 56.2 cm³/mol. The number of carbonyl (C=O) groups is 1. The van der Waals surface area contributed by atoms with Gasteiger partial charge in [-0.05, 0) is 18.4 Å². The highest BCUT2D eigenvalue weighted by molar-refractivity contribution is 7.10. The third kappa shape index (κ3) is 1.98. The number of hydrogen-bond donors (Lipinski definition) is 1. The number of hydrogen-bond acceptors (Lipinski definition) is 3. The number of nitrogens with two attached hydrogens (primary N) is 1. The zero-order valence-electron chi connectivity index (χ0n) is 8.26. The van der Waals surface area contributed by atoms with Crippen molar-refractivity contribution in [2.24, 2.45) is 11.1 Å². The molecule has 2 nitrogen and oxygen atoms in total. The third-order valence-electron chi connectivity index (χ3n) is 2.23. The van der Waals surface area contributed by atoms with Crippen LogP contribution >= 0.6 is 11.3 Å². The van der Waals surface area contributed by atoms with E-state index in [2.05, 4.69) is 0 Å². The number of thiophene rings is 1. The van der Waals surface area contributed by atoms with Crippen molar-refractivity contribution in [3.05, 3.63) is 21.9 Å². The fourth-order valence-electron chi connectivity index (χ4n) is 1.08. The smallest absolute Gasteiger partial charge is 0.170 e. The first-order valence-electron chi connectivity index (χ1n) is 4.28. The van der Waals surface area contributed by atoms with Crippen molar-refractivity contribution in [3.63, 3.8) is 0 Å². The van der Waals surface area contributed by atoms with Crippen LogP contribution in [0.15, 0.2) is 11.4 Å². The predicted octanol–water partition coefficient (Wildman–Crippen LogP) is 2.22. The van der Waals surface area contributed by atoms with Crippen molar-refractivity contribution in [3.8, 4) is 0 Å². The highest BCUT2D eigenvalue weighted by atomic mass is 32.1. The van der Waals surface area contributed by atoms with Crippen LogP contribution in [0, 0.1) is 12.3 Å². The van der Waals surface area contributed by atoms with Gasteiger partial charge in [0.25, 0.3) is 0 Å². The molecule has 72 valence electrons. The summed E-state index contributed by atoms with van der Waals surface area (Å²) in [6, 6.07) is 1.87. The van der Waals surface area contributed by atoms with Gasteiger partial charge in [-0.15, -0.1) is 11.3 Å². The Morgan fingerprint density at radius 3 is 2.62 bits per heavy atom. The fraction of sp³-hybridized carbons (Fsp3) is 0.500. The van der Waals surface area contributed by atoms with E-state index in [9.17, 15) is 4.79 Å². The number of rotatable bonds is 3. The van der Waals surface area contributed by atoms with Crippen molar-refractivity contribution in [1.82, 2.24) is 0 Å². The van der Waals surface area contributed by atoms with E-state index < -0.39 is 5.41 Å². The third-order valence-corrected chi connectivity index (χ3v) is 3.07. The molecule has 0 amide bonds. The highest BCUT2D eigenvalue weighted by Crippen LogP contribution is 2.25. The summed E-state index contributed by atoms with van der Waals surface area (Å²) >= 11 is 1.60. The average molecular weight is 197 g/mol. The maximum atomic E-state index is 11.9. The molecule has 0 radical (unpaired) electrons. The van der Waals surface area contributed by atoms with Crippen LogP contribution in [0.3, 0.4) is 0 Å². The molecule has 3 heteroatoms. The second-order valence-corrected chi connectivity index (χ2v) is 4.93. The van der Waals surface area contributed by atoms with Crippen molar-refractivity contribution in [1.29, 1.82) is 0 Å². The summed E-state index contributed by atoms with van der Waals surface area (Å²) < 4.78 is 0. The molecular weight excluding hydrogens is 182 g/mol. The molecule has 13 heavy (non-hydrogen) atoms. The van der Waals surface area contributed by atoms with Gasteiger partial charge < -0.3 is 5.73 Å². The molecule has 0 aliphatic rings. The lowest BCUT2D eigenvalue weighted by molar-refractivity contribution is 0.0847. The Morgan fingerprint density at radius 1 is 1.62 bits per heavy atom. The molecule has 0 aliphatic heterocycles. The maximum Gasteiger partial charge on any atom is 0.170 e. The van der Waals surface area contributed by atoms with E-state index in [1.54, 1.807) is 11.3 Å². The molecule has 0 saturated heterocycles. The maximum absolute atomic E-state index is 11.9. The SMILES string of the molecule is Cc1sccc1C(=O)C(C)(C)CN. The van der Waals surface area contributed by atoms with Gasteiger partial charge in [0.05, 0.1) is 0 Å². The largest absolute Gasteiger partial charge is 0.329 e. The van der Waals surface area contributed by atoms with Gasteiger partial charge in [0.15, 0.2) is 5.78 Å². The van der Waals surface area contributed by atoms with Crippen molar-refractivity contribution in [2.75, 3.05) is 6.54 Å². The van der Waals surface area contributed by atoms with Crippen LogP contribution in [-0.2, 0) is 0 Å². The molecule has 0 bridgehead atoms. The van der Waals surface area contributed by atoms with Crippen LogP contribution in [0.2, 0.25) is 0 Å². The standard InChI is InChI=1S/C10H15NOS/c1-7-8(4-5-13-7)9(12)10(2,3)6-11/h4-5H,6,11H2,1-3H3. The Labute approximate surface area is 82.8 Å². The second-order valence-electron chi connectivity index (χ2n) is 3.81. The average Bonchev–Trinajstić information content (AvgIpc) is 2.50. The topological polar surface area (TPSA) is 43.1 Å². The Kier molecular flexibility index (Phi) is 2.88. The number of ketones is 1. The van der Waals surface area contributed by atoms with Crippen LogP contribution in [0.1, 0.15) is 29.1 Å². The number of aryl methyl sites for hydroxylation is 1. The molecular formula is C10H15NOS. The van der Waals surface area contributed by atoms with Crippen LogP contribution in [0.25, 0.3) is 0 Å². The van der Waals surface area contributed by atoms with Crippen LogP contribution in [0.4, 0.5) is 0 Å². The summed E-state index contributed by atoms with van der Waals surface area (Å²) in [7, 11) is 0. The molecule has 1 heterocycles. The van der Waals surface area contributed by atoms with E-state index in [4.69, 9.17) is 5.73 Å². The van der Waals surface area contributed by atoms with Gasteiger partial charge in [-0.1, -0.05) is 13.8 Å². The first kappa shape index (κ1) is 10.4. The van der Waals surface area contributed by atoms with E-state index >= 15 is 0 Å². The minimum atomic E-state index is -0.439. The zero-order valence-corrected chi connectivity index (χ0v) is 9.07. The Balaban J connectivity index is 2.98. The van der Waals surface area contributed by atoms with Gasteiger partial charge in [0, 0.05) is 22.4 Å². The highest BCUT2D eigenvalue weighted by Gasteiger charge is 2.28. The summed E-state index contributed by atoms with van der Waals surface area (Å²) in [4.78, 5) is 13.0. The van der Waals surface area contributed by atoms with E-state index in [0.29, 0.717) is 6.54 Å². The lowest BCUT2D eigenvalue weighted by Crippen LogP contribution is -2.32. The normalized spacial score (nSPS) is 11.7. The summed E-state index contributed by atoms with van der Waals surface area (Å²) in [6.45, 7) is 6.12. The summed E-state index contributed by atoms with van der Waals surface area (Å²) in [5.74, 6) is 0.147. The van der Waals surface area contributed by atoms with Gasteiger partial charge in [-0.3, -0.25) is 4.79 Å². The fourth-order valence-corrected chi connectivity index (χ4v) is 1.77. The van der Waals surface area contributed by atoms with Gasteiger partial charge in [-0.2, -0.15) is 0 Å². The molecule has 0 fully saturated rings. The van der Waals surface area contributed by atoms with Crippen LogP contribution < -0.4 is 5.73 Å². The Hall–Kier alpha value is -0.670. The molecule has 0 aromatic carbocycles. The quantitative estimate of drug-likeness (QED) is 0.755. The molecule has 0 unspecified atom stereocenters. The molecule has 0 saturated carbocycles. The van der Waals surface area contributed by atoms with Gasteiger partial charge in [0.1, 0.15) is 0 Å². The lowest BCUT2D eigenvalue weighted by Gasteiger charge is -2.20. The van der Waals surface area contributed by atoms with Crippen LogP contribution in [-0.4, -0.2) is 12.3 Å². The Morgan fingerprint density at radius 2 is 2.23 bits per heavy atom. The minimum Gasteiger partial charge on any atom is -0.329 e. The van der Waals surface area contributed by atoms with E-state index in [1.807, 2.05) is 32.2 Å². The summed E-state index contributed by atoms with van der Waals surface area (Å²) in [6.07, 6.45) is 0. The minimum absolute atomic E-state index is 0.147. The van der Waals surface area contributed by atoms with Crippen LogP contribution in [0.5, 0.6) is 0 Å². The van der Waals surface area contributed by atoms with E-state index in [0.717, 1.165) is 10.4 Å². The van der Waals surface area contributed by atoms with Gasteiger partial charge in [-0.25, -0.2) is 0 Å². The second kappa shape index (κ2) is 3.60. The first-order valence-corrected chi connectivity index (χ1v) is 5.16. The van der Waals surface area contributed by atoms with Crippen molar-refractivity contribution in [2.45, 2.75) is 20.8 Å². The lowest BCUT2D eigenvalue weighted by atomic mass is 9.85. The molecule has 1 aromatic heterocycles. The molecule has 1 rings (SSSR count). The van der Waals surface area contributed by atoms with Crippen molar-refractivity contribution >= 4 is 17.1 Å². The monoisotopic (exact) mass is 197 g/mol. The molecule has 1 aromatic rings. The molecule has 0 atom stereocenters. The molecule has 2 N–H and O–H groups in total. The number of carbonyl (C=O) groups excluding carboxylic acids is 1. The zero-order chi connectivity index (χ0) is 10.1. The number of Topliss-reactive ketones (excluding diaryl/α,β-unsaturated/α-hetero) is 1. The summed E-state index contributed by atoms with van der Waals surface area (Å²) in [5.41, 5.74) is 5.93. The van der Waals surface area contributed by atoms with Gasteiger partial charge in [0.2, 0.25) is 0 Å². The Bertz CT molecular complexity index is 314. The molecule has 0 aliphatic carbocycles.